The van der Waals surface area contributed by atoms with Gasteiger partial charge in [0.15, 0.2) is 5.89 Å². The number of rotatable bonds is 3. The zero-order valence-electron chi connectivity index (χ0n) is 13.6. The van der Waals surface area contributed by atoms with Crippen LogP contribution in [-0.2, 0) is 19.4 Å². The zero-order chi connectivity index (χ0) is 16.7. The van der Waals surface area contributed by atoms with Crippen LogP contribution in [0, 0.1) is 6.92 Å². The Morgan fingerprint density at radius 2 is 2.29 bits per heavy atom. The smallest absolute Gasteiger partial charge is 0.291 e. The molecule has 0 unspecified atom stereocenters. The number of aromatic nitrogens is 5. The van der Waals surface area contributed by atoms with Crippen LogP contribution < -0.4 is 0 Å². The number of nitrogens with zero attached hydrogens (tertiary/aromatic N) is 4. The fraction of sp³-hybridized carbons (Fsp3) is 0.375. The van der Waals surface area contributed by atoms with Crippen LogP contribution in [0.15, 0.2) is 16.8 Å². The van der Waals surface area contributed by atoms with E-state index in [2.05, 4.69) is 25.1 Å². The van der Waals surface area contributed by atoms with Crippen molar-refractivity contribution in [2.75, 3.05) is 6.54 Å². The van der Waals surface area contributed by atoms with Crippen molar-refractivity contribution in [3.63, 3.8) is 0 Å². The van der Waals surface area contributed by atoms with E-state index < -0.39 is 0 Å². The van der Waals surface area contributed by atoms with Crippen molar-refractivity contribution in [2.45, 2.75) is 33.2 Å². The summed E-state index contributed by atoms with van der Waals surface area (Å²) in [4.78, 5) is 26.7. The normalized spacial score (nSPS) is 14.0. The van der Waals surface area contributed by atoms with Crippen LogP contribution >= 0.6 is 0 Å². The Labute approximate surface area is 138 Å². The Morgan fingerprint density at radius 1 is 1.42 bits per heavy atom. The Kier molecular flexibility index (Phi) is 3.44. The maximum Gasteiger partial charge on any atom is 0.291 e. The summed E-state index contributed by atoms with van der Waals surface area (Å²) in [7, 11) is 0. The van der Waals surface area contributed by atoms with Gasteiger partial charge < -0.3 is 14.3 Å². The van der Waals surface area contributed by atoms with E-state index in [9.17, 15) is 4.79 Å². The standard InChI is InChI=1S/C16H18N6O2/c1-3-13-19-9(2)14(24-13)16(23)22-5-4-11-12(8-22)21-15(20-11)10-6-17-18-7-10/h6-7H,3-5,8H2,1-2H3,(H,17,18)(H,20,21). The summed E-state index contributed by atoms with van der Waals surface area (Å²) in [5, 5.41) is 6.72. The second-order valence-electron chi connectivity index (χ2n) is 5.85. The lowest BCUT2D eigenvalue weighted by molar-refractivity contribution is 0.0696. The lowest BCUT2D eigenvalue weighted by Gasteiger charge is -2.25. The van der Waals surface area contributed by atoms with Gasteiger partial charge in [0.2, 0.25) is 5.76 Å². The minimum absolute atomic E-state index is 0.121. The molecule has 3 aromatic heterocycles. The molecule has 8 heteroatoms. The molecule has 124 valence electrons. The number of carbonyl (C=O) groups is 1. The number of amides is 1. The topological polar surface area (TPSA) is 104 Å². The van der Waals surface area contributed by atoms with Gasteiger partial charge in [0.1, 0.15) is 5.82 Å². The van der Waals surface area contributed by atoms with E-state index in [0.717, 1.165) is 22.8 Å². The first kappa shape index (κ1) is 14.7. The zero-order valence-corrected chi connectivity index (χ0v) is 13.6. The summed E-state index contributed by atoms with van der Waals surface area (Å²) < 4.78 is 5.59. The number of carbonyl (C=O) groups excluding carboxylic acids is 1. The van der Waals surface area contributed by atoms with Gasteiger partial charge in [-0.25, -0.2) is 9.97 Å². The van der Waals surface area contributed by atoms with E-state index in [4.69, 9.17) is 4.42 Å². The van der Waals surface area contributed by atoms with Gasteiger partial charge >= 0.3 is 0 Å². The second kappa shape index (κ2) is 5.63. The van der Waals surface area contributed by atoms with Gasteiger partial charge in [0, 0.05) is 25.6 Å². The van der Waals surface area contributed by atoms with Gasteiger partial charge in [-0.2, -0.15) is 5.10 Å². The number of oxazole rings is 1. The molecule has 4 rings (SSSR count). The molecule has 0 radical (unpaired) electrons. The first-order valence-electron chi connectivity index (χ1n) is 7.98. The molecule has 0 atom stereocenters. The summed E-state index contributed by atoms with van der Waals surface area (Å²) in [6, 6.07) is 0. The minimum atomic E-state index is -0.121. The average molecular weight is 326 g/mol. The SMILES string of the molecule is CCc1nc(C)c(C(=O)N2CCc3nc(-c4cn[nH]c4)[nH]c3C2)o1. The van der Waals surface area contributed by atoms with Crippen molar-refractivity contribution in [3.8, 4) is 11.4 Å². The molecular formula is C16H18N6O2. The maximum atomic E-state index is 12.7. The highest BCUT2D eigenvalue weighted by Crippen LogP contribution is 2.24. The van der Waals surface area contributed by atoms with Crippen LogP contribution in [0.4, 0.5) is 0 Å². The molecule has 1 amide bonds. The van der Waals surface area contributed by atoms with Crippen molar-refractivity contribution >= 4 is 5.91 Å². The van der Waals surface area contributed by atoms with Crippen LogP contribution in [0.2, 0.25) is 0 Å². The van der Waals surface area contributed by atoms with Crippen molar-refractivity contribution in [2.24, 2.45) is 0 Å². The van der Waals surface area contributed by atoms with Crippen LogP contribution in [-0.4, -0.2) is 42.5 Å². The largest absolute Gasteiger partial charge is 0.435 e. The highest BCUT2D eigenvalue weighted by molar-refractivity contribution is 5.92. The molecule has 3 aromatic rings. The van der Waals surface area contributed by atoms with Gasteiger partial charge in [0.25, 0.3) is 5.91 Å². The first-order valence-corrected chi connectivity index (χ1v) is 7.98. The van der Waals surface area contributed by atoms with Gasteiger partial charge in [-0.3, -0.25) is 9.89 Å². The number of hydrogen-bond acceptors (Lipinski definition) is 5. The van der Waals surface area contributed by atoms with Gasteiger partial charge in [-0.15, -0.1) is 0 Å². The summed E-state index contributed by atoms with van der Waals surface area (Å²) in [5.41, 5.74) is 3.50. The Hall–Kier alpha value is -2.90. The monoisotopic (exact) mass is 326 g/mol. The molecule has 0 aliphatic carbocycles. The molecule has 8 nitrogen and oxygen atoms in total. The molecule has 0 saturated heterocycles. The fourth-order valence-corrected chi connectivity index (χ4v) is 2.93. The molecule has 24 heavy (non-hydrogen) atoms. The number of aromatic amines is 2. The third kappa shape index (κ3) is 2.40. The predicted molar refractivity (Wildman–Crippen MR) is 85.2 cm³/mol. The van der Waals surface area contributed by atoms with Crippen molar-refractivity contribution in [1.29, 1.82) is 0 Å². The van der Waals surface area contributed by atoms with Gasteiger partial charge in [-0.05, 0) is 6.92 Å². The van der Waals surface area contributed by atoms with Crippen LogP contribution in [0.1, 0.15) is 40.5 Å². The Balaban J connectivity index is 1.57. The van der Waals surface area contributed by atoms with Gasteiger partial charge in [-0.1, -0.05) is 6.92 Å². The van der Waals surface area contributed by atoms with Crippen molar-refractivity contribution in [3.05, 3.63) is 41.1 Å². The van der Waals surface area contributed by atoms with E-state index in [1.54, 1.807) is 24.2 Å². The highest BCUT2D eigenvalue weighted by Gasteiger charge is 2.28. The number of fused-ring (bicyclic) bond motifs is 1. The van der Waals surface area contributed by atoms with E-state index >= 15 is 0 Å². The average Bonchev–Trinajstić information content (AvgIpc) is 3.31. The number of H-pyrrole nitrogens is 2. The van der Waals surface area contributed by atoms with Crippen molar-refractivity contribution in [1.82, 2.24) is 30.0 Å². The molecular weight excluding hydrogens is 308 g/mol. The third-order valence-corrected chi connectivity index (χ3v) is 4.23. The molecule has 0 spiro atoms. The summed E-state index contributed by atoms with van der Waals surface area (Å²) >= 11 is 0. The van der Waals surface area contributed by atoms with Crippen molar-refractivity contribution < 1.29 is 9.21 Å². The number of imidazole rings is 1. The second-order valence-corrected chi connectivity index (χ2v) is 5.85. The highest BCUT2D eigenvalue weighted by atomic mass is 16.4. The lowest BCUT2D eigenvalue weighted by Crippen LogP contribution is -2.36. The summed E-state index contributed by atoms with van der Waals surface area (Å²) in [5.74, 6) is 1.58. The van der Waals surface area contributed by atoms with E-state index in [0.29, 0.717) is 43.3 Å². The maximum absolute atomic E-state index is 12.7. The molecule has 0 saturated carbocycles. The number of hydrogen-bond donors (Lipinski definition) is 2. The van der Waals surface area contributed by atoms with Gasteiger partial charge in [0.05, 0.1) is 35.4 Å². The molecule has 2 N–H and O–H groups in total. The minimum Gasteiger partial charge on any atom is -0.435 e. The number of nitrogens with one attached hydrogen (secondary N) is 2. The molecule has 0 fully saturated rings. The lowest BCUT2D eigenvalue weighted by atomic mass is 10.1. The Bertz CT molecular complexity index is 877. The van der Waals surface area contributed by atoms with E-state index in [1.807, 2.05) is 6.92 Å². The third-order valence-electron chi connectivity index (χ3n) is 4.23. The first-order chi connectivity index (χ1) is 11.7. The molecule has 1 aliphatic rings. The summed E-state index contributed by atoms with van der Waals surface area (Å²) in [6.45, 7) is 4.86. The molecule has 4 heterocycles. The fourth-order valence-electron chi connectivity index (χ4n) is 2.93. The predicted octanol–water partition coefficient (Wildman–Crippen LogP) is 1.86. The molecule has 0 bridgehead atoms. The van der Waals surface area contributed by atoms with Crippen LogP contribution in [0.25, 0.3) is 11.4 Å². The van der Waals surface area contributed by atoms with E-state index in [1.165, 1.54) is 0 Å². The Morgan fingerprint density at radius 3 is 3.00 bits per heavy atom. The quantitative estimate of drug-likeness (QED) is 0.764. The van der Waals surface area contributed by atoms with Crippen LogP contribution in [0.3, 0.4) is 0 Å². The molecule has 1 aliphatic heterocycles. The number of aryl methyl sites for hydroxylation is 2. The van der Waals surface area contributed by atoms with E-state index in [-0.39, 0.29) is 5.91 Å². The van der Waals surface area contributed by atoms with Crippen LogP contribution in [0.5, 0.6) is 0 Å². The summed E-state index contributed by atoms with van der Waals surface area (Å²) in [6.07, 6.45) is 4.89. The molecule has 0 aromatic carbocycles.